The van der Waals surface area contributed by atoms with Crippen LogP contribution < -0.4 is 5.56 Å². The van der Waals surface area contributed by atoms with Crippen molar-refractivity contribution in [3.05, 3.63) is 86.2 Å². The third kappa shape index (κ3) is 4.11. The van der Waals surface area contributed by atoms with E-state index in [-0.39, 0.29) is 5.56 Å². The SMILES string of the molecule is CCc1nn2c(=O)cc(CSc3nc4cc(Cl)ccc4n3Cc3ccccc3)nc2s1. The molecule has 9 heteroatoms. The van der Waals surface area contributed by atoms with Crippen molar-refractivity contribution in [2.24, 2.45) is 0 Å². The van der Waals surface area contributed by atoms with Gasteiger partial charge < -0.3 is 4.57 Å². The van der Waals surface area contributed by atoms with Gasteiger partial charge in [0, 0.05) is 16.8 Å². The van der Waals surface area contributed by atoms with Crippen molar-refractivity contribution in [1.82, 2.24) is 24.1 Å². The largest absolute Gasteiger partial charge is 0.314 e. The zero-order valence-corrected chi connectivity index (χ0v) is 19.0. The minimum Gasteiger partial charge on any atom is -0.314 e. The van der Waals surface area contributed by atoms with Gasteiger partial charge in [-0.1, -0.05) is 72.0 Å². The molecule has 5 aromatic rings. The maximum absolute atomic E-state index is 12.4. The number of halogens is 1. The lowest BCUT2D eigenvalue weighted by Gasteiger charge is -2.09. The summed E-state index contributed by atoms with van der Waals surface area (Å²) in [6.07, 6.45) is 0.781. The van der Waals surface area contributed by atoms with E-state index in [2.05, 4.69) is 26.8 Å². The second-order valence-corrected chi connectivity index (χ2v) is 9.44. The molecule has 0 aliphatic heterocycles. The van der Waals surface area contributed by atoms with E-state index in [1.807, 2.05) is 43.3 Å². The van der Waals surface area contributed by atoms with Gasteiger partial charge in [-0.25, -0.2) is 9.97 Å². The molecule has 3 aromatic heterocycles. The first kappa shape index (κ1) is 20.2. The van der Waals surface area contributed by atoms with E-state index >= 15 is 0 Å². The van der Waals surface area contributed by atoms with Gasteiger partial charge in [-0.15, -0.1) is 0 Å². The molecule has 0 unspecified atom stereocenters. The van der Waals surface area contributed by atoms with Crippen molar-refractivity contribution in [1.29, 1.82) is 0 Å². The molecule has 0 bridgehead atoms. The Hall–Kier alpha value is -2.68. The van der Waals surface area contributed by atoms with Crippen molar-refractivity contribution in [3.8, 4) is 0 Å². The Morgan fingerprint density at radius 3 is 2.74 bits per heavy atom. The van der Waals surface area contributed by atoms with Crippen LogP contribution in [0.3, 0.4) is 0 Å². The summed E-state index contributed by atoms with van der Waals surface area (Å²) in [4.78, 5) is 22.5. The number of hydrogen-bond acceptors (Lipinski definition) is 6. The topological polar surface area (TPSA) is 65.1 Å². The van der Waals surface area contributed by atoms with Crippen LogP contribution in [0.2, 0.25) is 5.02 Å². The molecule has 6 nitrogen and oxygen atoms in total. The van der Waals surface area contributed by atoms with Gasteiger partial charge in [0.05, 0.1) is 23.3 Å². The Kier molecular flexibility index (Phi) is 5.52. The van der Waals surface area contributed by atoms with E-state index < -0.39 is 0 Å². The molecule has 31 heavy (non-hydrogen) atoms. The lowest BCUT2D eigenvalue weighted by molar-refractivity contribution is 0.731. The Morgan fingerprint density at radius 2 is 1.94 bits per heavy atom. The van der Waals surface area contributed by atoms with E-state index in [0.717, 1.165) is 33.3 Å². The average Bonchev–Trinajstić information content (AvgIpc) is 3.34. The predicted molar refractivity (Wildman–Crippen MR) is 126 cm³/mol. The van der Waals surface area contributed by atoms with Crippen molar-refractivity contribution < 1.29 is 0 Å². The zero-order valence-electron chi connectivity index (χ0n) is 16.7. The van der Waals surface area contributed by atoms with Crippen LogP contribution in [-0.2, 0) is 18.7 Å². The van der Waals surface area contributed by atoms with Gasteiger partial charge in [0.2, 0.25) is 4.96 Å². The molecule has 0 N–H and O–H groups in total. The lowest BCUT2D eigenvalue weighted by atomic mass is 10.2. The highest BCUT2D eigenvalue weighted by Gasteiger charge is 2.14. The van der Waals surface area contributed by atoms with E-state index in [4.69, 9.17) is 16.6 Å². The smallest absolute Gasteiger partial charge is 0.275 e. The molecule has 0 aliphatic rings. The molecule has 0 amide bonds. The van der Waals surface area contributed by atoms with E-state index in [0.29, 0.717) is 22.3 Å². The maximum atomic E-state index is 12.4. The van der Waals surface area contributed by atoms with Gasteiger partial charge in [0.1, 0.15) is 5.01 Å². The predicted octanol–water partition coefficient (Wildman–Crippen LogP) is 5.06. The van der Waals surface area contributed by atoms with Gasteiger partial charge in [0.15, 0.2) is 5.16 Å². The molecular weight excluding hydrogens is 450 g/mol. The third-order valence-electron chi connectivity index (χ3n) is 4.85. The number of aryl methyl sites for hydroxylation is 1. The van der Waals surface area contributed by atoms with Gasteiger partial charge >= 0.3 is 0 Å². The van der Waals surface area contributed by atoms with Gasteiger partial charge in [-0.2, -0.15) is 9.61 Å². The van der Waals surface area contributed by atoms with E-state index in [1.165, 1.54) is 21.4 Å². The first-order valence-corrected chi connectivity index (χ1v) is 12.0. The minimum absolute atomic E-state index is 0.152. The molecule has 0 saturated heterocycles. The highest BCUT2D eigenvalue weighted by Crippen LogP contribution is 2.29. The summed E-state index contributed by atoms with van der Waals surface area (Å²) in [6.45, 7) is 2.72. The molecule has 0 saturated carbocycles. The highest BCUT2D eigenvalue weighted by atomic mass is 35.5. The second-order valence-electron chi connectivity index (χ2n) is 7.02. The quantitative estimate of drug-likeness (QED) is 0.327. The van der Waals surface area contributed by atoms with Crippen LogP contribution in [0.4, 0.5) is 0 Å². The number of thioether (sulfide) groups is 1. The Bertz CT molecular complexity index is 1440. The molecule has 0 fully saturated rings. The van der Waals surface area contributed by atoms with E-state index in [1.54, 1.807) is 17.8 Å². The lowest BCUT2D eigenvalue weighted by Crippen LogP contribution is -2.15. The van der Waals surface area contributed by atoms with Crippen molar-refractivity contribution in [2.45, 2.75) is 30.8 Å². The average molecular weight is 468 g/mol. The Labute approximate surface area is 191 Å². The Morgan fingerprint density at radius 1 is 1.10 bits per heavy atom. The van der Waals surface area contributed by atoms with Crippen LogP contribution in [0.25, 0.3) is 16.0 Å². The molecule has 0 radical (unpaired) electrons. The summed E-state index contributed by atoms with van der Waals surface area (Å²) in [5.41, 5.74) is 3.63. The summed E-state index contributed by atoms with van der Waals surface area (Å²) in [7, 11) is 0. The number of hydrogen-bond donors (Lipinski definition) is 0. The van der Waals surface area contributed by atoms with Crippen LogP contribution in [0.15, 0.2) is 64.5 Å². The number of rotatable bonds is 6. The number of imidazole rings is 1. The third-order valence-corrected chi connectivity index (χ3v) is 7.15. The minimum atomic E-state index is -0.152. The normalized spacial score (nSPS) is 11.5. The summed E-state index contributed by atoms with van der Waals surface area (Å²) in [6, 6.07) is 17.6. The van der Waals surface area contributed by atoms with Crippen molar-refractivity contribution >= 4 is 50.7 Å². The number of aromatic nitrogens is 5. The Balaban J connectivity index is 1.49. The number of nitrogens with zero attached hydrogens (tertiary/aromatic N) is 5. The monoisotopic (exact) mass is 467 g/mol. The molecule has 2 aromatic carbocycles. The summed E-state index contributed by atoms with van der Waals surface area (Å²) < 4.78 is 3.56. The van der Waals surface area contributed by atoms with Crippen LogP contribution in [-0.4, -0.2) is 24.1 Å². The fourth-order valence-electron chi connectivity index (χ4n) is 3.36. The molecule has 5 rings (SSSR count). The molecule has 0 aliphatic carbocycles. The molecule has 3 heterocycles. The maximum Gasteiger partial charge on any atom is 0.275 e. The highest BCUT2D eigenvalue weighted by molar-refractivity contribution is 7.98. The second kappa shape index (κ2) is 8.45. The first-order valence-electron chi connectivity index (χ1n) is 9.82. The van der Waals surface area contributed by atoms with Gasteiger partial charge in [-0.05, 0) is 30.2 Å². The number of fused-ring (bicyclic) bond motifs is 2. The van der Waals surface area contributed by atoms with Crippen LogP contribution in [0, 0.1) is 0 Å². The van der Waals surface area contributed by atoms with Crippen LogP contribution in [0.5, 0.6) is 0 Å². The van der Waals surface area contributed by atoms with E-state index in [9.17, 15) is 4.79 Å². The zero-order chi connectivity index (χ0) is 21.4. The van der Waals surface area contributed by atoms with Crippen molar-refractivity contribution in [3.63, 3.8) is 0 Å². The van der Waals surface area contributed by atoms with Crippen LogP contribution >= 0.6 is 34.7 Å². The molecule has 156 valence electrons. The number of benzene rings is 2. The molecular formula is C22H18ClN5OS2. The fourth-order valence-corrected chi connectivity index (χ4v) is 5.29. The van der Waals surface area contributed by atoms with Gasteiger partial charge in [-0.3, -0.25) is 4.79 Å². The van der Waals surface area contributed by atoms with Crippen molar-refractivity contribution in [2.75, 3.05) is 0 Å². The molecule has 0 spiro atoms. The fraction of sp³-hybridized carbons (Fsp3) is 0.182. The summed E-state index contributed by atoms with van der Waals surface area (Å²) in [5, 5.41) is 6.73. The van der Waals surface area contributed by atoms with Crippen LogP contribution in [0.1, 0.15) is 23.2 Å². The molecule has 0 atom stereocenters. The standard InChI is InChI=1S/C22H18ClN5OS2/c1-2-19-26-28-20(29)11-16(24-22(28)31-19)13-30-21-25-17-10-15(23)8-9-18(17)27(21)12-14-6-4-3-5-7-14/h3-11H,2,12-13H2,1H3. The first-order chi connectivity index (χ1) is 15.1. The summed E-state index contributed by atoms with van der Waals surface area (Å²) in [5.74, 6) is 0.539. The summed E-state index contributed by atoms with van der Waals surface area (Å²) >= 11 is 9.21. The van der Waals surface area contributed by atoms with Gasteiger partial charge in [0.25, 0.3) is 5.56 Å².